The number of aromatic nitrogens is 2. The SMILES string of the molecule is Cc1ccc(C=CS(=O)(=O)NCC(=O)OCc2nc(CC(C)C)no2)cc1. The third kappa shape index (κ3) is 7.71. The minimum absolute atomic E-state index is 0.168. The number of nitrogens with one attached hydrogen (secondary N) is 1. The molecule has 0 radical (unpaired) electrons. The third-order valence-corrected chi connectivity index (χ3v) is 4.43. The van der Waals surface area contributed by atoms with Crippen LogP contribution in [-0.2, 0) is 32.6 Å². The number of benzene rings is 1. The van der Waals surface area contributed by atoms with Crippen molar-refractivity contribution in [3.05, 3.63) is 52.5 Å². The maximum absolute atomic E-state index is 11.9. The molecule has 0 saturated heterocycles. The largest absolute Gasteiger partial charge is 0.455 e. The second-order valence-electron chi connectivity index (χ2n) is 6.44. The third-order valence-electron chi connectivity index (χ3n) is 3.39. The molecule has 2 aromatic rings. The molecular formula is C18H23N3O5S. The molecule has 1 N–H and O–H groups in total. The van der Waals surface area contributed by atoms with Crippen LogP contribution in [0.3, 0.4) is 0 Å². The van der Waals surface area contributed by atoms with Crippen molar-refractivity contribution in [2.24, 2.45) is 5.92 Å². The Bertz CT molecular complexity index is 886. The summed E-state index contributed by atoms with van der Waals surface area (Å²) in [5, 5.41) is 4.78. The monoisotopic (exact) mass is 393 g/mol. The molecule has 0 atom stereocenters. The van der Waals surface area contributed by atoms with Crippen molar-refractivity contribution in [3.8, 4) is 0 Å². The van der Waals surface area contributed by atoms with Crippen LogP contribution in [0.1, 0.15) is 36.7 Å². The van der Waals surface area contributed by atoms with Gasteiger partial charge in [-0.3, -0.25) is 4.79 Å². The Labute approximate surface area is 158 Å². The summed E-state index contributed by atoms with van der Waals surface area (Å²) in [6.07, 6.45) is 2.10. The molecule has 27 heavy (non-hydrogen) atoms. The lowest BCUT2D eigenvalue weighted by Crippen LogP contribution is -2.29. The van der Waals surface area contributed by atoms with Crippen molar-refractivity contribution in [1.82, 2.24) is 14.9 Å². The number of hydrogen-bond donors (Lipinski definition) is 1. The molecule has 0 bridgehead atoms. The minimum Gasteiger partial charge on any atom is -0.455 e. The highest BCUT2D eigenvalue weighted by Crippen LogP contribution is 2.07. The molecule has 0 fully saturated rings. The van der Waals surface area contributed by atoms with Crippen LogP contribution in [0.25, 0.3) is 6.08 Å². The molecule has 0 aliphatic heterocycles. The topological polar surface area (TPSA) is 111 Å². The summed E-state index contributed by atoms with van der Waals surface area (Å²) in [7, 11) is -3.76. The van der Waals surface area contributed by atoms with Gasteiger partial charge in [0.1, 0.15) is 6.54 Å². The molecule has 2 rings (SSSR count). The van der Waals surface area contributed by atoms with Crippen LogP contribution in [0.4, 0.5) is 0 Å². The minimum atomic E-state index is -3.76. The number of rotatable bonds is 9. The van der Waals surface area contributed by atoms with E-state index >= 15 is 0 Å². The number of carbonyl (C=O) groups excluding carboxylic acids is 1. The number of aryl methyl sites for hydroxylation is 1. The van der Waals surface area contributed by atoms with Crippen molar-refractivity contribution < 1.29 is 22.5 Å². The van der Waals surface area contributed by atoms with Crippen molar-refractivity contribution in [2.75, 3.05) is 6.54 Å². The Morgan fingerprint density at radius 3 is 2.67 bits per heavy atom. The predicted octanol–water partition coefficient (Wildman–Crippen LogP) is 2.21. The number of hydrogen-bond acceptors (Lipinski definition) is 7. The van der Waals surface area contributed by atoms with Gasteiger partial charge in [0, 0.05) is 11.8 Å². The highest BCUT2D eigenvalue weighted by molar-refractivity contribution is 7.92. The van der Waals surface area contributed by atoms with Gasteiger partial charge in [0.2, 0.25) is 10.0 Å². The molecule has 1 heterocycles. The van der Waals surface area contributed by atoms with Gasteiger partial charge >= 0.3 is 5.97 Å². The standard InChI is InChI=1S/C18H23N3O5S/c1-13(2)10-16-20-17(26-21-16)12-25-18(22)11-19-27(23,24)9-8-15-6-4-14(3)5-7-15/h4-9,13,19H,10-12H2,1-3H3. The molecule has 0 aliphatic carbocycles. The first-order valence-corrected chi connectivity index (χ1v) is 9.99. The molecule has 146 valence electrons. The van der Waals surface area contributed by atoms with Crippen LogP contribution in [-0.4, -0.2) is 31.1 Å². The van der Waals surface area contributed by atoms with E-state index in [1.807, 2.05) is 32.9 Å². The van der Waals surface area contributed by atoms with Crippen molar-refractivity contribution in [2.45, 2.75) is 33.8 Å². The van der Waals surface area contributed by atoms with Gasteiger partial charge in [0.25, 0.3) is 5.89 Å². The van der Waals surface area contributed by atoms with E-state index < -0.39 is 22.5 Å². The second-order valence-corrected chi connectivity index (χ2v) is 8.09. The molecule has 0 unspecified atom stereocenters. The Hall–Kier alpha value is -2.52. The number of esters is 1. The Morgan fingerprint density at radius 2 is 2.00 bits per heavy atom. The summed E-state index contributed by atoms with van der Waals surface area (Å²) in [6, 6.07) is 7.35. The van der Waals surface area contributed by atoms with E-state index in [9.17, 15) is 13.2 Å². The second kappa shape index (κ2) is 9.43. The lowest BCUT2D eigenvalue weighted by molar-refractivity contribution is -0.144. The molecule has 8 nitrogen and oxygen atoms in total. The Kier molecular flexibility index (Phi) is 7.26. The van der Waals surface area contributed by atoms with E-state index in [2.05, 4.69) is 14.9 Å². The predicted molar refractivity (Wildman–Crippen MR) is 99.8 cm³/mol. The van der Waals surface area contributed by atoms with Gasteiger partial charge in [-0.25, -0.2) is 13.1 Å². The first-order chi connectivity index (χ1) is 12.7. The zero-order chi connectivity index (χ0) is 19.9. The van der Waals surface area contributed by atoms with Crippen LogP contribution in [0, 0.1) is 12.8 Å². The van der Waals surface area contributed by atoms with Crippen molar-refractivity contribution in [3.63, 3.8) is 0 Å². The van der Waals surface area contributed by atoms with E-state index in [0.29, 0.717) is 18.2 Å². The summed E-state index contributed by atoms with van der Waals surface area (Å²) in [5.41, 5.74) is 1.82. The van der Waals surface area contributed by atoms with Gasteiger partial charge in [0.15, 0.2) is 12.4 Å². The van der Waals surface area contributed by atoms with Gasteiger partial charge < -0.3 is 9.26 Å². The fourth-order valence-electron chi connectivity index (χ4n) is 2.04. The van der Waals surface area contributed by atoms with Gasteiger partial charge in [-0.05, 0) is 24.5 Å². The average molecular weight is 393 g/mol. The van der Waals surface area contributed by atoms with E-state index in [4.69, 9.17) is 9.26 Å². The maximum atomic E-state index is 11.9. The van der Waals surface area contributed by atoms with Gasteiger partial charge in [0.05, 0.1) is 0 Å². The molecule has 9 heteroatoms. The first kappa shape index (κ1) is 20.8. The molecule has 0 spiro atoms. The van der Waals surface area contributed by atoms with E-state index in [1.54, 1.807) is 12.1 Å². The van der Waals surface area contributed by atoms with E-state index in [0.717, 1.165) is 16.5 Å². The van der Waals surface area contributed by atoms with Crippen LogP contribution in [0.2, 0.25) is 0 Å². The lowest BCUT2D eigenvalue weighted by atomic mass is 10.1. The van der Waals surface area contributed by atoms with Crippen LogP contribution < -0.4 is 4.72 Å². The highest BCUT2D eigenvalue weighted by Gasteiger charge is 2.13. The van der Waals surface area contributed by atoms with Gasteiger partial charge in [-0.2, -0.15) is 4.98 Å². The molecule has 0 aliphatic rings. The average Bonchev–Trinajstić information content (AvgIpc) is 3.04. The van der Waals surface area contributed by atoms with E-state index in [1.165, 1.54) is 6.08 Å². The number of carbonyl (C=O) groups is 1. The fraction of sp³-hybridized carbons (Fsp3) is 0.389. The lowest BCUT2D eigenvalue weighted by Gasteiger charge is -2.03. The van der Waals surface area contributed by atoms with Crippen LogP contribution >= 0.6 is 0 Å². The summed E-state index contributed by atoms with van der Waals surface area (Å²) in [5.74, 6) is 0.338. The summed E-state index contributed by atoms with van der Waals surface area (Å²) < 4.78 is 35.9. The van der Waals surface area contributed by atoms with Gasteiger partial charge in [-0.1, -0.05) is 48.8 Å². The number of sulfonamides is 1. The van der Waals surface area contributed by atoms with Crippen molar-refractivity contribution >= 4 is 22.1 Å². The fourth-order valence-corrected chi connectivity index (χ4v) is 2.79. The first-order valence-electron chi connectivity index (χ1n) is 8.45. The highest BCUT2D eigenvalue weighted by atomic mass is 32.2. The zero-order valence-corrected chi connectivity index (χ0v) is 16.3. The summed E-state index contributed by atoms with van der Waals surface area (Å²) in [6.45, 7) is 5.29. The normalized spacial score (nSPS) is 12.0. The Balaban J connectivity index is 1.78. The summed E-state index contributed by atoms with van der Waals surface area (Å²) >= 11 is 0. The van der Waals surface area contributed by atoms with Crippen molar-refractivity contribution in [1.29, 1.82) is 0 Å². The molecule has 0 saturated carbocycles. The molecule has 0 amide bonds. The molecule has 1 aromatic heterocycles. The molecular weight excluding hydrogens is 370 g/mol. The van der Waals surface area contributed by atoms with Crippen LogP contribution in [0.5, 0.6) is 0 Å². The van der Waals surface area contributed by atoms with E-state index in [-0.39, 0.29) is 12.5 Å². The quantitative estimate of drug-likeness (QED) is 0.650. The maximum Gasteiger partial charge on any atom is 0.321 e. The zero-order valence-electron chi connectivity index (χ0n) is 15.5. The number of nitrogens with zero attached hydrogens (tertiary/aromatic N) is 2. The molecule has 1 aromatic carbocycles. The Morgan fingerprint density at radius 1 is 1.30 bits per heavy atom. The smallest absolute Gasteiger partial charge is 0.321 e. The number of ether oxygens (including phenoxy) is 1. The summed E-state index contributed by atoms with van der Waals surface area (Å²) in [4.78, 5) is 15.8. The van der Waals surface area contributed by atoms with Crippen LogP contribution in [0.15, 0.2) is 34.2 Å². The van der Waals surface area contributed by atoms with Gasteiger partial charge in [-0.15, -0.1) is 0 Å².